The van der Waals surface area contributed by atoms with Crippen LogP contribution in [0.2, 0.25) is 0 Å². The molecule has 0 aliphatic carbocycles. The van der Waals surface area contributed by atoms with Crippen molar-refractivity contribution in [3.63, 3.8) is 0 Å². The average Bonchev–Trinajstić information content (AvgIpc) is 2.46. The molecule has 4 heteroatoms. The number of aromatic nitrogens is 1. The van der Waals surface area contributed by atoms with Gasteiger partial charge < -0.3 is 10.2 Å². The fourth-order valence-electron chi connectivity index (χ4n) is 1.33. The molecule has 1 rings (SSSR count). The SMILES string of the molecule is CC.CCC(C)NCC(=O)N(C)c1ccc(C)nc1. The van der Waals surface area contributed by atoms with Crippen LogP contribution in [0.15, 0.2) is 18.3 Å². The van der Waals surface area contributed by atoms with E-state index in [1.165, 1.54) is 0 Å². The summed E-state index contributed by atoms with van der Waals surface area (Å²) < 4.78 is 0. The highest BCUT2D eigenvalue weighted by Gasteiger charge is 2.11. The molecule has 0 spiro atoms. The number of carbonyl (C=O) groups is 1. The molecular formula is C15H27N3O. The van der Waals surface area contributed by atoms with Crippen LogP contribution < -0.4 is 10.2 Å². The Morgan fingerprint density at radius 3 is 2.53 bits per heavy atom. The molecular weight excluding hydrogens is 238 g/mol. The van der Waals surface area contributed by atoms with E-state index >= 15 is 0 Å². The number of nitrogens with one attached hydrogen (secondary N) is 1. The molecule has 1 aromatic heterocycles. The third-order valence-electron chi connectivity index (χ3n) is 2.87. The second-order valence-electron chi connectivity index (χ2n) is 4.30. The van der Waals surface area contributed by atoms with Crippen molar-refractivity contribution in [3.05, 3.63) is 24.0 Å². The van der Waals surface area contributed by atoms with Crippen molar-refractivity contribution in [1.82, 2.24) is 10.3 Å². The zero-order valence-electron chi connectivity index (χ0n) is 13.0. The highest BCUT2D eigenvalue weighted by molar-refractivity contribution is 5.94. The van der Waals surface area contributed by atoms with Crippen LogP contribution in [0.4, 0.5) is 5.69 Å². The van der Waals surface area contributed by atoms with Crippen LogP contribution in [0, 0.1) is 6.92 Å². The van der Waals surface area contributed by atoms with Gasteiger partial charge >= 0.3 is 0 Å². The predicted octanol–water partition coefficient (Wildman–Crippen LogP) is 2.77. The Hall–Kier alpha value is -1.42. The first kappa shape index (κ1) is 17.6. The van der Waals surface area contributed by atoms with Crippen molar-refractivity contribution >= 4 is 11.6 Å². The van der Waals surface area contributed by atoms with Gasteiger partial charge in [-0.2, -0.15) is 0 Å². The molecule has 1 heterocycles. The lowest BCUT2D eigenvalue weighted by atomic mass is 10.2. The first-order valence-corrected chi connectivity index (χ1v) is 6.97. The maximum atomic E-state index is 11.9. The van der Waals surface area contributed by atoms with Gasteiger partial charge in [0.05, 0.1) is 18.4 Å². The van der Waals surface area contributed by atoms with Gasteiger partial charge in [0.15, 0.2) is 0 Å². The van der Waals surface area contributed by atoms with E-state index in [1.807, 2.05) is 32.9 Å². The molecule has 4 nitrogen and oxygen atoms in total. The van der Waals surface area contributed by atoms with Gasteiger partial charge in [0.1, 0.15) is 0 Å². The molecule has 1 unspecified atom stereocenters. The number of pyridine rings is 1. The number of amides is 1. The number of carbonyl (C=O) groups excluding carboxylic acids is 1. The molecule has 0 aliphatic rings. The summed E-state index contributed by atoms with van der Waals surface area (Å²) in [6.07, 6.45) is 2.74. The highest BCUT2D eigenvalue weighted by atomic mass is 16.2. The molecule has 0 aliphatic heterocycles. The summed E-state index contributed by atoms with van der Waals surface area (Å²) in [6.45, 7) is 10.5. The van der Waals surface area contributed by atoms with Gasteiger partial charge in [0.25, 0.3) is 0 Å². The van der Waals surface area contributed by atoms with Crippen molar-refractivity contribution in [3.8, 4) is 0 Å². The van der Waals surface area contributed by atoms with Crippen LogP contribution in [0.5, 0.6) is 0 Å². The predicted molar refractivity (Wildman–Crippen MR) is 81.5 cm³/mol. The maximum Gasteiger partial charge on any atom is 0.240 e. The molecule has 0 saturated heterocycles. The van der Waals surface area contributed by atoms with Crippen molar-refractivity contribution in [1.29, 1.82) is 0 Å². The molecule has 1 amide bonds. The second-order valence-corrected chi connectivity index (χ2v) is 4.30. The van der Waals surface area contributed by atoms with E-state index in [1.54, 1.807) is 18.1 Å². The number of rotatable bonds is 5. The number of likely N-dealkylation sites (N-methyl/N-ethyl adjacent to an activating group) is 1. The molecule has 1 N–H and O–H groups in total. The molecule has 1 atom stereocenters. The molecule has 0 fully saturated rings. The minimum atomic E-state index is 0.0518. The number of hydrogen-bond acceptors (Lipinski definition) is 3. The Balaban J connectivity index is 0.00000154. The van der Waals surface area contributed by atoms with Gasteiger partial charge in [-0.3, -0.25) is 9.78 Å². The maximum absolute atomic E-state index is 11.9. The van der Waals surface area contributed by atoms with Crippen LogP contribution >= 0.6 is 0 Å². The van der Waals surface area contributed by atoms with E-state index in [0.29, 0.717) is 12.6 Å². The summed E-state index contributed by atoms with van der Waals surface area (Å²) in [6, 6.07) is 4.17. The van der Waals surface area contributed by atoms with Gasteiger partial charge in [-0.1, -0.05) is 20.8 Å². The summed E-state index contributed by atoms with van der Waals surface area (Å²) in [4.78, 5) is 17.7. The third-order valence-corrected chi connectivity index (χ3v) is 2.87. The van der Waals surface area contributed by atoms with Crippen molar-refractivity contribution in [2.75, 3.05) is 18.5 Å². The molecule has 0 aromatic carbocycles. The van der Waals surface area contributed by atoms with E-state index in [4.69, 9.17) is 0 Å². The van der Waals surface area contributed by atoms with Gasteiger partial charge in [-0.05, 0) is 32.4 Å². The number of aryl methyl sites for hydroxylation is 1. The standard InChI is InChI=1S/C13H21N3O.C2H6/c1-5-10(2)15-9-13(17)16(4)12-7-6-11(3)14-8-12;1-2/h6-8,10,15H,5,9H2,1-4H3;1-2H3. The molecule has 19 heavy (non-hydrogen) atoms. The Kier molecular flexibility index (Phi) is 8.79. The second kappa shape index (κ2) is 9.50. The number of hydrogen-bond donors (Lipinski definition) is 1. The van der Waals surface area contributed by atoms with Crippen LogP contribution in [-0.2, 0) is 4.79 Å². The molecule has 0 radical (unpaired) electrons. The van der Waals surface area contributed by atoms with Gasteiger partial charge in [-0.25, -0.2) is 0 Å². The monoisotopic (exact) mass is 265 g/mol. The van der Waals surface area contributed by atoms with Crippen molar-refractivity contribution in [2.45, 2.75) is 47.1 Å². The number of anilines is 1. The summed E-state index contributed by atoms with van der Waals surface area (Å²) in [7, 11) is 1.77. The summed E-state index contributed by atoms with van der Waals surface area (Å²) in [5.41, 5.74) is 1.78. The zero-order chi connectivity index (χ0) is 14.8. The van der Waals surface area contributed by atoms with Crippen LogP contribution in [0.25, 0.3) is 0 Å². The van der Waals surface area contributed by atoms with Gasteiger partial charge in [-0.15, -0.1) is 0 Å². The fourth-order valence-corrected chi connectivity index (χ4v) is 1.33. The van der Waals surface area contributed by atoms with Gasteiger partial charge in [0, 0.05) is 18.8 Å². The average molecular weight is 265 g/mol. The quantitative estimate of drug-likeness (QED) is 0.890. The first-order chi connectivity index (χ1) is 9.04. The lowest BCUT2D eigenvalue weighted by molar-refractivity contribution is -0.117. The Labute approximate surface area is 117 Å². The molecule has 108 valence electrons. The van der Waals surface area contributed by atoms with E-state index in [0.717, 1.165) is 17.8 Å². The third kappa shape index (κ3) is 6.34. The van der Waals surface area contributed by atoms with E-state index < -0.39 is 0 Å². The van der Waals surface area contributed by atoms with Crippen LogP contribution in [-0.4, -0.2) is 30.5 Å². The van der Waals surface area contributed by atoms with Crippen LogP contribution in [0.3, 0.4) is 0 Å². The first-order valence-electron chi connectivity index (χ1n) is 6.97. The largest absolute Gasteiger partial charge is 0.313 e. The molecule has 0 bridgehead atoms. The van der Waals surface area contributed by atoms with Crippen molar-refractivity contribution in [2.24, 2.45) is 0 Å². The van der Waals surface area contributed by atoms with Gasteiger partial charge in [0.2, 0.25) is 5.91 Å². The van der Waals surface area contributed by atoms with E-state index in [2.05, 4.69) is 24.1 Å². The number of nitrogens with zero attached hydrogens (tertiary/aromatic N) is 2. The minimum absolute atomic E-state index is 0.0518. The minimum Gasteiger partial charge on any atom is -0.313 e. The molecule has 0 saturated carbocycles. The topological polar surface area (TPSA) is 45.2 Å². The van der Waals surface area contributed by atoms with E-state index in [9.17, 15) is 4.79 Å². The lowest BCUT2D eigenvalue weighted by Gasteiger charge is -2.19. The summed E-state index contributed by atoms with van der Waals surface area (Å²) in [5, 5.41) is 3.18. The Morgan fingerprint density at radius 1 is 1.42 bits per heavy atom. The Bertz CT molecular complexity index is 362. The lowest BCUT2D eigenvalue weighted by Crippen LogP contribution is -2.38. The summed E-state index contributed by atoms with van der Waals surface area (Å²) >= 11 is 0. The zero-order valence-corrected chi connectivity index (χ0v) is 13.0. The summed E-state index contributed by atoms with van der Waals surface area (Å²) in [5.74, 6) is 0.0518. The molecule has 1 aromatic rings. The Morgan fingerprint density at radius 2 is 2.05 bits per heavy atom. The normalized spacial score (nSPS) is 11.3. The smallest absolute Gasteiger partial charge is 0.240 e. The van der Waals surface area contributed by atoms with E-state index in [-0.39, 0.29) is 5.91 Å². The fraction of sp³-hybridized carbons (Fsp3) is 0.600. The highest BCUT2D eigenvalue weighted by Crippen LogP contribution is 2.10. The van der Waals surface area contributed by atoms with Crippen molar-refractivity contribution < 1.29 is 4.79 Å². The van der Waals surface area contributed by atoms with Crippen LogP contribution in [0.1, 0.15) is 39.8 Å².